The first-order chi connectivity index (χ1) is 6.40. The number of aliphatic hydroxyl groups is 1. The topological polar surface area (TPSA) is 20.2 Å². The van der Waals surface area contributed by atoms with Crippen molar-refractivity contribution in [3.05, 3.63) is 35.4 Å². The third-order valence-corrected chi connectivity index (χ3v) is 3.77. The Kier molecular flexibility index (Phi) is 2.91. The summed E-state index contributed by atoms with van der Waals surface area (Å²) in [5.41, 5.74) is 2.69. The number of benzene rings is 1. The number of hydrogen-bond acceptors (Lipinski definition) is 2. The summed E-state index contributed by atoms with van der Waals surface area (Å²) in [5.74, 6) is 3.34. The molecule has 1 aliphatic heterocycles. The van der Waals surface area contributed by atoms with Crippen LogP contribution in [0.5, 0.6) is 0 Å². The Balaban J connectivity index is 2.04. The molecule has 70 valence electrons. The third-order valence-electron chi connectivity index (χ3n) is 2.49. The van der Waals surface area contributed by atoms with Gasteiger partial charge >= 0.3 is 0 Å². The quantitative estimate of drug-likeness (QED) is 0.794. The number of aliphatic hydroxyl groups excluding tert-OH is 1. The molecule has 1 nitrogen and oxygen atoms in total. The highest BCUT2D eigenvalue weighted by Crippen LogP contribution is 2.33. The van der Waals surface area contributed by atoms with E-state index < -0.39 is 0 Å². The number of rotatable bonds is 3. The Morgan fingerprint density at radius 3 is 2.38 bits per heavy atom. The van der Waals surface area contributed by atoms with E-state index in [0.29, 0.717) is 0 Å². The van der Waals surface area contributed by atoms with Crippen LogP contribution in [0, 0.1) is 0 Å². The average Bonchev–Trinajstić information content (AvgIpc) is 2.06. The summed E-state index contributed by atoms with van der Waals surface area (Å²) in [6.07, 6.45) is 0.777. The highest BCUT2D eigenvalue weighted by Gasteiger charge is 2.19. The summed E-state index contributed by atoms with van der Waals surface area (Å²) >= 11 is 2.01. The highest BCUT2D eigenvalue weighted by atomic mass is 32.2. The molecule has 0 bridgehead atoms. The van der Waals surface area contributed by atoms with Crippen molar-refractivity contribution >= 4 is 11.8 Å². The van der Waals surface area contributed by atoms with Gasteiger partial charge in [0.2, 0.25) is 0 Å². The fourth-order valence-electron chi connectivity index (χ4n) is 1.51. The van der Waals surface area contributed by atoms with Crippen LogP contribution in [-0.4, -0.2) is 23.2 Å². The third kappa shape index (κ3) is 2.06. The van der Waals surface area contributed by atoms with E-state index in [1.54, 1.807) is 0 Å². The molecule has 1 saturated heterocycles. The molecule has 0 aliphatic carbocycles. The van der Waals surface area contributed by atoms with Gasteiger partial charge in [-0.15, -0.1) is 0 Å². The summed E-state index contributed by atoms with van der Waals surface area (Å²) in [7, 11) is 0. The maximum absolute atomic E-state index is 8.75. The first kappa shape index (κ1) is 9.10. The SMILES string of the molecule is OCCc1ccc(C2CSC2)cc1. The highest BCUT2D eigenvalue weighted by molar-refractivity contribution is 8.00. The molecule has 0 unspecified atom stereocenters. The molecule has 1 aliphatic rings. The molecule has 0 spiro atoms. The van der Waals surface area contributed by atoms with Gasteiger partial charge in [0.1, 0.15) is 0 Å². The second-order valence-electron chi connectivity index (χ2n) is 3.45. The molecule has 13 heavy (non-hydrogen) atoms. The van der Waals surface area contributed by atoms with Crippen molar-refractivity contribution in [1.82, 2.24) is 0 Å². The Morgan fingerprint density at radius 2 is 1.92 bits per heavy atom. The summed E-state index contributed by atoms with van der Waals surface area (Å²) in [6, 6.07) is 8.67. The molecule has 0 saturated carbocycles. The van der Waals surface area contributed by atoms with Crippen molar-refractivity contribution in [3.8, 4) is 0 Å². The minimum Gasteiger partial charge on any atom is -0.396 e. The largest absolute Gasteiger partial charge is 0.396 e. The number of hydrogen-bond donors (Lipinski definition) is 1. The lowest BCUT2D eigenvalue weighted by Gasteiger charge is -2.25. The Bertz CT molecular complexity index is 264. The van der Waals surface area contributed by atoms with Gasteiger partial charge in [-0.25, -0.2) is 0 Å². The molecule has 0 amide bonds. The zero-order valence-corrected chi connectivity index (χ0v) is 8.39. The fourth-order valence-corrected chi connectivity index (χ4v) is 2.37. The van der Waals surface area contributed by atoms with E-state index in [0.717, 1.165) is 12.3 Å². The van der Waals surface area contributed by atoms with Gasteiger partial charge in [-0.1, -0.05) is 24.3 Å². The van der Waals surface area contributed by atoms with Gasteiger partial charge in [0.15, 0.2) is 0 Å². The van der Waals surface area contributed by atoms with Gasteiger partial charge in [0, 0.05) is 24.0 Å². The van der Waals surface area contributed by atoms with Gasteiger partial charge in [-0.3, -0.25) is 0 Å². The molecule has 1 aromatic carbocycles. The van der Waals surface area contributed by atoms with Crippen LogP contribution in [0.2, 0.25) is 0 Å². The van der Waals surface area contributed by atoms with Crippen molar-refractivity contribution < 1.29 is 5.11 Å². The van der Waals surface area contributed by atoms with Crippen LogP contribution >= 0.6 is 11.8 Å². The van der Waals surface area contributed by atoms with E-state index in [2.05, 4.69) is 24.3 Å². The standard InChI is InChI=1S/C11H14OS/c12-6-5-9-1-3-10(4-2-9)11-7-13-8-11/h1-4,11-12H,5-8H2. The maximum Gasteiger partial charge on any atom is 0.0471 e. The van der Waals surface area contributed by atoms with Crippen molar-refractivity contribution in [3.63, 3.8) is 0 Å². The molecular formula is C11H14OS. The molecule has 1 N–H and O–H groups in total. The summed E-state index contributed by atoms with van der Waals surface area (Å²) < 4.78 is 0. The van der Waals surface area contributed by atoms with Crippen LogP contribution in [0.3, 0.4) is 0 Å². The van der Waals surface area contributed by atoms with E-state index in [1.165, 1.54) is 22.6 Å². The Morgan fingerprint density at radius 1 is 1.23 bits per heavy atom. The van der Waals surface area contributed by atoms with Crippen molar-refractivity contribution in [2.24, 2.45) is 0 Å². The molecule has 1 aromatic rings. The van der Waals surface area contributed by atoms with Crippen LogP contribution in [0.1, 0.15) is 17.0 Å². The van der Waals surface area contributed by atoms with Gasteiger partial charge in [0.25, 0.3) is 0 Å². The summed E-state index contributed by atoms with van der Waals surface area (Å²) in [5, 5.41) is 8.75. The van der Waals surface area contributed by atoms with Crippen molar-refractivity contribution in [1.29, 1.82) is 0 Å². The lowest BCUT2D eigenvalue weighted by atomic mass is 10.00. The second-order valence-corrected chi connectivity index (χ2v) is 4.52. The molecule has 1 fully saturated rings. The van der Waals surface area contributed by atoms with Crippen LogP contribution in [-0.2, 0) is 6.42 Å². The zero-order valence-electron chi connectivity index (χ0n) is 7.57. The average molecular weight is 194 g/mol. The lowest BCUT2D eigenvalue weighted by molar-refractivity contribution is 0.299. The minimum atomic E-state index is 0.249. The predicted octanol–water partition coefficient (Wildman–Crippen LogP) is 2.05. The van der Waals surface area contributed by atoms with E-state index in [1.807, 2.05) is 11.8 Å². The Labute approximate surface area is 83.2 Å². The molecule has 0 radical (unpaired) electrons. The lowest BCUT2D eigenvalue weighted by Crippen LogP contribution is -2.15. The molecule has 1 heterocycles. The van der Waals surface area contributed by atoms with E-state index in [4.69, 9.17) is 5.11 Å². The van der Waals surface area contributed by atoms with Gasteiger partial charge in [-0.05, 0) is 17.5 Å². The summed E-state index contributed by atoms with van der Waals surface area (Å²) in [4.78, 5) is 0. The van der Waals surface area contributed by atoms with E-state index in [9.17, 15) is 0 Å². The normalized spacial score (nSPS) is 17.0. The second kappa shape index (κ2) is 4.16. The first-order valence-corrected chi connectivity index (χ1v) is 5.83. The van der Waals surface area contributed by atoms with Crippen LogP contribution in [0.25, 0.3) is 0 Å². The zero-order chi connectivity index (χ0) is 9.10. The molecule has 0 atom stereocenters. The molecule has 2 rings (SSSR count). The van der Waals surface area contributed by atoms with Crippen LogP contribution in [0.15, 0.2) is 24.3 Å². The van der Waals surface area contributed by atoms with E-state index in [-0.39, 0.29) is 6.61 Å². The van der Waals surface area contributed by atoms with Gasteiger partial charge in [-0.2, -0.15) is 11.8 Å². The number of thioether (sulfide) groups is 1. The van der Waals surface area contributed by atoms with E-state index >= 15 is 0 Å². The first-order valence-electron chi connectivity index (χ1n) is 4.67. The minimum absolute atomic E-state index is 0.249. The maximum atomic E-state index is 8.75. The Hall–Kier alpha value is -0.470. The summed E-state index contributed by atoms with van der Waals surface area (Å²) in [6.45, 7) is 0.249. The van der Waals surface area contributed by atoms with Crippen molar-refractivity contribution in [2.45, 2.75) is 12.3 Å². The smallest absolute Gasteiger partial charge is 0.0471 e. The van der Waals surface area contributed by atoms with Crippen LogP contribution < -0.4 is 0 Å². The monoisotopic (exact) mass is 194 g/mol. The fraction of sp³-hybridized carbons (Fsp3) is 0.455. The molecule has 0 aromatic heterocycles. The molecular weight excluding hydrogens is 180 g/mol. The predicted molar refractivity (Wildman–Crippen MR) is 57.3 cm³/mol. The van der Waals surface area contributed by atoms with Crippen LogP contribution in [0.4, 0.5) is 0 Å². The van der Waals surface area contributed by atoms with Gasteiger partial charge < -0.3 is 5.11 Å². The molecule has 2 heteroatoms. The van der Waals surface area contributed by atoms with Crippen molar-refractivity contribution in [2.75, 3.05) is 18.1 Å². The van der Waals surface area contributed by atoms with Gasteiger partial charge in [0.05, 0.1) is 0 Å².